The number of hydrogen-bond donors (Lipinski definition) is 2. The minimum absolute atomic E-state index is 0.0604. The summed E-state index contributed by atoms with van der Waals surface area (Å²) in [7, 11) is 0. The molecule has 1 saturated carbocycles. The van der Waals surface area contributed by atoms with Crippen LogP contribution < -0.4 is 16.0 Å². The number of nitrogens with zero attached hydrogens (tertiary/aromatic N) is 2. The molecule has 34 heavy (non-hydrogen) atoms. The molecule has 10 heteroatoms. The van der Waals surface area contributed by atoms with E-state index >= 15 is 0 Å². The smallest absolute Gasteiger partial charge is 0.368 e. The van der Waals surface area contributed by atoms with E-state index < -0.39 is 40.5 Å². The van der Waals surface area contributed by atoms with E-state index in [0.29, 0.717) is 12.5 Å². The van der Waals surface area contributed by atoms with Crippen molar-refractivity contribution >= 4 is 11.6 Å². The van der Waals surface area contributed by atoms with Crippen molar-refractivity contribution in [3.05, 3.63) is 47.3 Å². The normalized spacial score (nSPS) is 21.7. The number of aromatic nitrogens is 1. The van der Waals surface area contributed by atoms with E-state index in [2.05, 4.69) is 10.3 Å². The Hall–Kier alpha value is -2.75. The molecular weight excluding hydrogens is 455 g/mol. The highest BCUT2D eigenvalue weighted by molar-refractivity contribution is 6.04. The van der Waals surface area contributed by atoms with Crippen LogP contribution >= 0.6 is 0 Å². The van der Waals surface area contributed by atoms with Crippen LogP contribution in [0.2, 0.25) is 0 Å². The fraction of sp³-hybridized carbons (Fsp3) is 0.500. The summed E-state index contributed by atoms with van der Waals surface area (Å²) < 4.78 is 70.4. The molecule has 184 valence electrons. The van der Waals surface area contributed by atoms with Crippen molar-refractivity contribution in [1.82, 2.24) is 10.3 Å². The number of alkyl halides is 3. The topological polar surface area (TPSA) is 71.2 Å². The molecular formula is C24H27F5N4O. The van der Waals surface area contributed by atoms with Gasteiger partial charge in [-0.3, -0.25) is 9.78 Å². The minimum atomic E-state index is -4.92. The number of halogens is 5. The summed E-state index contributed by atoms with van der Waals surface area (Å²) >= 11 is 0. The van der Waals surface area contributed by atoms with E-state index in [1.807, 2.05) is 0 Å². The lowest BCUT2D eigenvalue weighted by Gasteiger charge is -2.29. The van der Waals surface area contributed by atoms with E-state index in [0.717, 1.165) is 50.4 Å². The third-order valence-corrected chi connectivity index (χ3v) is 6.48. The Kier molecular flexibility index (Phi) is 6.54. The second-order valence-electron chi connectivity index (χ2n) is 9.53. The van der Waals surface area contributed by atoms with Gasteiger partial charge in [0.25, 0.3) is 5.91 Å². The summed E-state index contributed by atoms with van der Waals surface area (Å²) in [6, 6.07) is 2.12. The lowest BCUT2D eigenvalue weighted by molar-refractivity contribution is -0.140. The molecule has 1 atom stereocenters. The number of carbonyl (C=O) groups excluding carboxylic acids is 1. The first kappa shape index (κ1) is 24.4. The maximum Gasteiger partial charge on any atom is 0.434 e. The van der Waals surface area contributed by atoms with Gasteiger partial charge in [-0.15, -0.1) is 0 Å². The highest BCUT2D eigenvalue weighted by atomic mass is 19.4. The van der Waals surface area contributed by atoms with Crippen LogP contribution in [-0.4, -0.2) is 35.6 Å². The van der Waals surface area contributed by atoms with Crippen LogP contribution in [0.5, 0.6) is 0 Å². The SMILES string of the molecule is C[C@]1(N)CCN(c2c(C(=O)NC3CCCCC3)cnc(C(F)(F)F)c2-c2cc(F)cc(F)c2)C1. The Morgan fingerprint density at radius 1 is 1.15 bits per heavy atom. The first-order valence-corrected chi connectivity index (χ1v) is 11.4. The molecule has 0 radical (unpaired) electrons. The maximum absolute atomic E-state index is 14.1. The Labute approximate surface area is 194 Å². The van der Waals surface area contributed by atoms with Crippen LogP contribution in [0.1, 0.15) is 61.5 Å². The molecule has 1 saturated heterocycles. The van der Waals surface area contributed by atoms with Crippen LogP contribution in [0.25, 0.3) is 11.1 Å². The Bertz CT molecular complexity index is 1060. The number of carbonyl (C=O) groups is 1. The molecule has 1 amide bonds. The zero-order chi connectivity index (χ0) is 24.7. The van der Waals surface area contributed by atoms with Gasteiger partial charge in [-0.1, -0.05) is 19.3 Å². The van der Waals surface area contributed by atoms with Crippen molar-refractivity contribution in [3.63, 3.8) is 0 Å². The predicted octanol–water partition coefficient (Wildman–Crippen LogP) is 5.04. The summed E-state index contributed by atoms with van der Waals surface area (Å²) in [5.74, 6) is -2.63. The molecule has 0 bridgehead atoms. The average Bonchev–Trinajstić information content (AvgIpc) is 3.11. The quantitative estimate of drug-likeness (QED) is 0.600. The van der Waals surface area contributed by atoms with Gasteiger partial charge in [0, 0.05) is 42.5 Å². The molecule has 4 rings (SSSR count). The Morgan fingerprint density at radius 2 is 1.79 bits per heavy atom. The molecule has 5 nitrogen and oxygen atoms in total. The van der Waals surface area contributed by atoms with Crippen molar-refractivity contribution in [2.45, 2.75) is 63.2 Å². The van der Waals surface area contributed by atoms with Crippen LogP contribution in [0.4, 0.5) is 27.6 Å². The van der Waals surface area contributed by atoms with Crippen LogP contribution in [0.15, 0.2) is 24.4 Å². The van der Waals surface area contributed by atoms with Gasteiger partial charge in [0.15, 0.2) is 5.69 Å². The highest BCUT2D eigenvalue weighted by Crippen LogP contribution is 2.44. The summed E-state index contributed by atoms with van der Waals surface area (Å²) in [4.78, 5) is 18.5. The van der Waals surface area contributed by atoms with Gasteiger partial charge in [0.05, 0.1) is 11.3 Å². The monoisotopic (exact) mass is 482 g/mol. The van der Waals surface area contributed by atoms with Crippen LogP contribution in [0, 0.1) is 11.6 Å². The lowest BCUT2D eigenvalue weighted by Crippen LogP contribution is -2.40. The third-order valence-electron chi connectivity index (χ3n) is 6.48. The minimum Gasteiger partial charge on any atom is -0.368 e. The van der Waals surface area contributed by atoms with E-state index in [9.17, 15) is 26.7 Å². The van der Waals surface area contributed by atoms with Gasteiger partial charge in [0.2, 0.25) is 0 Å². The van der Waals surface area contributed by atoms with Gasteiger partial charge >= 0.3 is 6.18 Å². The number of amides is 1. The van der Waals surface area contributed by atoms with Crippen molar-refractivity contribution in [2.75, 3.05) is 18.0 Å². The predicted molar refractivity (Wildman–Crippen MR) is 118 cm³/mol. The van der Waals surface area contributed by atoms with Gasteiger partial charge in [-0.2, -0.15) is 13.2 Å². The molecule has 2 aromatic rings. The number of nitrogens with two attached hydrogens (primary N) is 1. The Morgan fingerprint density at radius 3 is 2.35 bits per heavy atom. The average molecular weight is 482 g/mol. The zero-order valence-corrected chi connectivity index (χ0v) is 18.8. The first-order valence-electron chi connectivity index (χ1n) is 11.4. The number of anilines is 1. The second-order valence-corrected chi connectivity index (χ2v) is 9.53. The number of pyridine rings is 1. The molecule has 0 unspecified atom stereocenters. The van der Waals surface area contributed by atoms with Gasteiger partial charge in [-0.05, 0) is 43.9 Å². The maximum atomic E-state index is 14.1. The zero-order valence-electron chi connectivity index (χ0n) is 18.8. The molecule has 0 spiro atoms. The van der Waals surface area contributed by atoms with Crippen molar-refractivity contribution in [2.24, 2.45) is 5.73 Å². The number of hydrogen-bond acceptors (Lipinski definition) is 4. The molecule has 2 heterocycles. The van der Waals surface area contributed by atoms with E-state index in [-0.39, 0.29) is 35.9 Å². The summed E-state index contributed by atoms with van der Waals surface area (Å²) in [6.07, 6.45) is 0.986. The molecule has 3 N–H and O–H groups in total. The number of nitrogens with one attached hydrogen (secondary N) is 1. The fourth-order valence-electron chi connectivity index (χ4n) is 4.87. The molecule has 1 aliphatic heterocycles. The fourth-order valence-corrected chi connectivity index (χ4v) is 4.87. The molecule has 1 aliphatic carbocycles. The van der Waals surface area contributed by atoms with E-state index in [1.54, 1.807) is 11.8 Å². The van der Waals surface area contributed by atoms with Crippen LogP contribution in [-0.2, 0) is 6.18 Å². The van der Waals surface area contributed by atoms with Crippen molar-refractivity contribution in [1.29, 1.82) is 0 Å². The molecule has 2 aliphatic rings. The van der Waals surface area contributed by atoms with Gasteiger partial charge in [0.1, 0.15) is 11.6 Å². The summed E-state index contributed by atoms with van der Waals surface area (Å²) in [6.45, 7) is 2.22. The van der Waals surface area contributed by atoms with Gasteiger partial charge in [-0.25, -0.2) is 8.78 Å². The first-order chi connectivity index (χ1) is 15.9. The molecule has 2 fully saturated rings. The highest BCUT2D eigenvalue weighted by Gasteiger charge is 2.41. The van der Waals surface area contributed by atoms with Crippen molar-refractivity contribution < 1.29 is 26.7 Å². The molecule has 1 aromatic carbocycles. The number of benzene rings is 1. The lowest BCUT2D eigenvalue weighted by atomic mass is 9.94. The van der Waals surface area contributed by atoms with Crippen molar-refractivity contribution in [3.8, 4) is 11.1 Å². The molecule has 1 aromatic heterocycles. The largest absolute Gasteiger partial charge is 0.434 e. The second kappa shape index (κ2) is 9.13. The summed E-state index contributed by atoms with van der Waals surface area (Å²) in [5, 5.41) is 2.91. The summed E-state index contributed by atoms with van der Waals surface area (Å²) in [5.41, 5.74) is 3.22. The number of rotatable bonds is 4. The third kappa shape index (κ3) is 5.16. The standard InChI is InChI=1S/C24H27F5N4O/c1-23(30)7-8-33(13-23)20-18(22(34)32-17-5-3-2-4-6-17)12-31-21(24(27,28)29)19(20)14-9-15(25)11-16(26)10-14/h9-12,17H,2-8,13,30H2,1H3,(H,32,34)/t23-/m0/s1. The van der Waals surface area contributed by atoms with E-state index in [4.69, 9.17) is 5.73 Å². The Balaban J connectivity index is 1.92. The van der Waals surface area contributed by atoms with E-state index in [1.165, 1.54) is 0 Å². The van der Waals surface area contributed by atoms with Crippen LogP contribution in [0.3, 0.4) is 0 Å². The van der Waals surface area contributed by atoms with Gasteiger partial charge < -0.3 is 16.0 Å².